The number of hydrogen-bond donors (Lipinski definition) is 7. The van der Waals surface area contributed by atoms with Crippen LogP contribution < -0.4 is 5.73 Å². The van der Waals surface area contributed by atoms with Crippen molar-refractivity contribution >= 4 is 66.6 Å². The molecule has 0 spiro atoms. The minimum Gasteiger partial charge on any atom is -0.478 e. The van der Waals surface area contributed by atoms with Crippen LogP contribution in [0.4, 0.5) is 0 Å². The summed E-state index contributed by atoms with van der Waals surface area (Å²) in [7, 11) is -3.74. The Morgan fingerprint density at radius 1 is 1.03 bits per heavy atom. The quantitative estimate of drug-likeness (QED) is 0.119. The van der Waals surface area contributed by atoms with Crippen molar-refractivity contribution in [2.75, 3.05) is 49.2 Å². The molecule has 0 saturated carbocycles. The Balaban J connectivity index is -0.000000161. The second-order valence-electron chi connectivity index (χ2n) is 5.48. The van der Waals surface area contributed by atoms with Crippen LogP contribution in [-0.4, -0.2) is 78.1 Å². The van der Waals surface area contributed by atoms with Crippen molar-refractivity contribution in [2.24, 2.45) is 5.73 Å². The number of rotatable bonds is 9. The Morgan fingerprint density at radius 3 is 1.68 bits per heavy atom. The fourth-order valence-corrected chi connectivity index (χ4v) is 2.85. The van der Waals surface area contributed by atoms with Crippen LogP contribution in [0.15, 0.2) is 29.2 Å². The van der Waals surface area contributed by atoms with Crippen LogP contribution in [0.2, 0.25) is 0 Å². The van der Waals surface area contributed by atoms with E-state index in [1.807, 2.05) is 0 Å². The molecule has 1 rings (SSSR count). The van der Waals surface area contributed by atoms with Gasteiger partial charge in [0.2, 0.25) is 0 Å². The molecule has 0 atom stereocenters. The third-order valence-electron chi connectivity index (χ3n) is 3.11. The van der Waals surface area contributed by atoms with Crippen molar-refractivity contribution in [3.63, 3.8) is 0 Å². The van der Waals surface area contributed by atoms with Crippen LogP contribution in [0.3, 0.4) is 0 Å². The van der Waals surface area contributed by atoms with E-state index in [-0.39, 0.29) is 33.7 Å². The van der Waals surface area contributed by atoms with E-state index in [2.05, 4.69) is 69.3 Å². The van der Waals surface area contributed by atoms with Gasteiger partial charge in [0, 0.05) is 51.9 Å². The van der Waals surface area contributed by atoms with E-state index in [0.29, 0.717) is 18.7 Å². The normalized spacial score (nSPS) is 9.71. The molecule has 0 bridgehead atoms. The Morgan fingerprint density at radius 2 is 1.48 bits per heavy atom. The van der Waals surface area contributed by atoms with Crippen molar-refractivity contribution < 1.29 is 45.3 Å². The molecule has 0 fully saturated rings. The molecule has 0 aliphatic rings. The number of hydrogen-bond acceptors (Lipinski definition) is 9. The van der Waals surface area contributed by atoms with E-state index in [4.69, 9.17) is 15.4 Å². The molecule has 31 heavy (non-hydrogen) atoms. The summed E-state index contributed by atoms with van der Waals surface area (Å²) in [6, 6.07) is 6.33. The molecule has 1 aromatic rings. The van der Waals surface area contributed by atoms with Gasteiger partial charge >= 0.3 is 5.97 Å². The molecular formula is C18H36AuN2O5S5. The minimum absolute atomic E-state index is 0. The Hall–Kier alpha value is 0.660. The van der Waals surface area contributed by atoms with Crippen LogP contribution in [0.5, 0.6) is 0 Å². The van der Waals surface area contributed by atoms with Crippen molar-refractivity contribution in [1.29, 1.82) is 0 Å². The number of benzene rings is 1. The van der Waals surface area contributed by atoms with Gasteiger partial charge in [-0.3, -0.25) is 4.55 Å². The van der Waals surface area contributed by atoms with Gasteiger partial charge < -0.3 is 15.7 Å². The molecule has 0 aromatic heterocycles. The Bertz CT molecular complexity index is 616. The molecule has 0 unspecified atom stereocenters. The number of nitrogens with two attached hydrogens (primary N) is 1. The van der Waals surface area contributed by atoms with Gasteiger partial charge in [-0.05, 0) is 49.5 Å². The summed E-state index contributed by atoms with van der Waals surface area (Å²) in [4.78, 5) is 13.4. The first-order valence-electron chi connectivity index (χ1n) is 9.25. The van der Waals surface area contributed by atoms with Gasteiger partial charge in [0.1, 0.15) is 0 Å². The first-order chi connectivity index (χ1) is 14.0. The van der Waals surface area contributed by atoms with Crippen molar-refractivity contribution in [3.05, 3.63) is 29.8 Å². The summed E-state index contributed by atoms with van der Waals surface area (Å²) in [5, 5.41) is 8.45. The Labute approximate surface area is 225 Å². The summed E-state index contributed by atoms with van der Waals surface area (Å²) >= 11 is 15.7. The van der Waals surface area contributed by atoms with Crippen LogP contribution in [0, 0.1) is 0 Å². The first kappa shape index (κ1) is 38.9. The van der Waals surface area contributed by atoms with Gasteiger partial charge in [0.25, 0.3) is 10.1 Å². The topological polar surface area (TPSA) is 121 Å². The predicted molar refractivity (Wildman–Crippen MR) is 140 cm³/mol. The molecular weight excluding hydrogens is 682 g/mol. The zero-order valence-electron chi connectivity index (χ0n) is 17.8. The molecule has 0 aliphatic carbocycles. The van der Waals surface area contributed by atoms with Crippen LogP contribution in [-0.2, 0) is 32.5 Å². The Kier molecular flexibility index (Phi) is 33.8. The molecule has 1 aromatic carbocycles. The maximum Gasteiger partial charge on any atom is 0.335 e. The number of aromatic carboxylic acids is 1. The number of nitrogens with zero attached hydrogens (tertiary/aromatic N) is 1. The van der Waals surface area contributed by atoms with E-state index in [1.54, 1.807) is 12.1 Å². The number of carbonyl (C=O) groups is 1. The maximum absolute atomic E-state index is 10.3. The fourth-order valence-electron chi connectivity index (χ4n) is 1.53. The molecule has 1 radical (unpaired) electrons. The minimum atomic E-state index is -3.74. The predicted octanol–water partition coefficient (Wildman–Crippen LogP) is 3.00. The van der Waals surface area contributed by atoms with E-state index >= 15 is 0 Å². The maximum atomic E-state index is 10.3. The second kappa shape index (κ2) is 26.9. The molecule has 4 N–H and O–H groups in total. The molecule has 0 heterocycles. The molecule has 13 heteroatoms. The SMILES string of the molecule is CCN(CC)CCS.NCCS.O=C(O)c1ccc(S)cc1.O=S(=O)(O)CCCS.[Au]. The van der Waals surface area contributed by atoms with Gasteiger partial charge in [0.15, 0.2) is 0 Å². The zero-order chi connectivity index (χ0) is 24.0. The number of carboxylic acids is 1. The summed E-state index contributed by atoms with van der Waals surface area (Å²) in [6.07, 6.45) is 0.405. The van der Waals surface area contributed by atoms with E-state index in [1.165, 1.54) is 12.1 Å². The summed E-state index contributed by atoms with van der Waals surface area (Å²) in [5.41, 5.74) is 5.24. The molecule has 189 valence electrons. The second-order valence-corrected chi connectivity index (χ2v) is 8.91. The van der Waals surface area contributed by atoms with Gasteiger partial charge in [-0.2, -0.15) is 46.3 Å². The average Bonchev–Trinajstić information content (AvgIpc) is 2.71. The standard InChI is InChI=1S/C7H6O2S.C6H15NS.C3H8O3S2.C2H7NS.Au/c8-7(9)5-1-3-6(10)4-2-5;1-3-7(4-2)5-6-8;4-8(5,6)3-1-2-7;3-1-2-4;/h1-4,10H,(H,8,9);8H,3-6H2,1-2H3;7H,1-3H2,(H,4,5,6);4H,1-3H2;. The third-order valence-corrected chi connectivity index (χ3v) is 4.99. The molecule has 0 saturated heterocycles. The van der Waals surface area contributed by atoms with Gasteiger partial charge in [0.05, 0.1) is 11.3 Å². The monoisotopic (exact) mass is 717 g/mol. The number of thiol groups is 4. The van der Waals surface area contributed by atoms with Crippen molar-refractivity contribution in [1.82, 2.24) is 4.90 Å². The first-order valence-corrected chi connectivity index (χ1v) is 13.2. The van der Waals surface area contributed by atoms with Crippen LogP contribution in [0.25, 0.3) is 0 Å². The molecule has 7 nitrogen and oxygen atoms in total. The summed E-state index contributed by atoms with van der Waals surface area (Å²) < 4.78 is 27.9. The van der Waals surface area contributed by atoms with Gasteiger partial charge in [-0.1, -0.05) is 13.8 Å². The van der Waals surface area contributed by atoms with Crippen molar-refractivity contribution in [2.45, 2.75) is 25.2 Å². The summed E-state index contributed by atoms with van der Waals surface area (Å²) in [5.74, 6) is 1.16. The molecule has 0 aliphatic heterocycles. The summed E-state index contributed by atoms with van der Waals surface area (Å²) in [6.45, 7) is 8.45. The molecule has 0 amide bonds. The van der Waals surface area contributed by atoms with Crippen LogP contribution in [0.1, 0.15) is 30.6 Å². The van der Waals surface area contributed by atoms with E-state index in [9.17, 15) is 13.2 Å². The zero-order valence-corrected chi connectivity index (χ0v) is 24.4. The van der Waals surface area contributed by atoms with Crippen molar-refractivity contribution in [3.8, 4) is 0 Å². The largest absolute Gasteiger partial charge is 0.478 e. The van der Waals surface area contributed by atoms with Gasteiger partial charge in [-0.25, -0.2) is 4.79 Å². The smallest absolute Gasteiger partial charge is 0.335 e. The third kappa shape index (κ3) is 32.9. The van der Waals surface area contributed by atoms with Crippen LogP contribution >= 0.6 is 50.5 Å². The number of carboxylic acid groups (broad SMARTS) is 1. The fraction of sp³-hybridized carbons (Fsp3) is 0.611. The van der Waals surface area contributed by atoms with Gasteiger partial charge in [-0.15, -0.1) is 12.6 Å². The average molecular weight is 718 g/mol. The van der Waals surface area contributed by atoms with E-state index in [0.717, 1.165) is 36.0 Å². The van der Waals surface area contributed by atoms with E-state index < -0.39 is 16.1 Å².